The highest BCUT2D eigenvalue weighted by atomic mass is 16.5. The third-order valence-corrected chi connectivity index (χ3v) is 4.06. The molecule has 7 heteroatoms. The van der Waals surface area contributed by atoms with Crippen LogP contribution >= 0.6 is 0 Å². The molecule has 0 fully saturated rings. The van der Waals surface area contributed by atoms with Crippen molar-refractivity contribution in [2.24, 2.45) is 5.92 Å². The molecule has 1 aliphatic heterocycles. The van der Waals surface area contributed by atoms with Crippen LogP contribution in [0.4, 0.5) is 5.69 Å². The minimum atomic E-state index is -0.574. The summed E-state index contributed by atoms with van der Waals surface area (Å²) in [6.45, 7) is 3.97. The van der Waals surface area contributed by atoms with E-state index in [1.165, 1.54) is 4.90 Å². The fourth-order valence-corrected chi connectivity index (χ4v) is 2.65. The highest BCUT2D eigenvalue weighted by Crippen LogP contribution is 2.31. The van der Waals surface area contributed by atoms with Crippen molar-refractivity contribution in [1.82, 2.24) is 10.2 Å². The normalized spacial score (nSPS) is 14.6. The summed E-state index contributed by atoms with van der Waals surface area (Å²) in [5.74, 6) is 0.0213. The number of fused-ring (bicyclic) bond motifs is 1. The maximum Gasteiger partial charge on any atom is 0.265 e. The van der Waals surface area contributed by atoms with Gasteiger partial charge in [-0.15, -0.1) is 0 Å². The second-order valence-corrected chi connectivity index (χ2v) is 6.57. The molecule has 1 heterocycles. The Morgan fingerprint density at radius 1 is 1.28 bits per heavy atom. The van der Waals surface area contributed by atoms with Crippen molar-refractivity contribution in [3.8, 4) is 5.75 Å². The van der Waals surface area contributed by atoms with E-state index in [4.69, 9.17) is 4.74 Å². The number of rotatable bonds is 6. The van der Waals surface area contributed by atoms with Gasteiger partial charge in [-0.2, -0.15) is 0 Å². The zero-order valence-corrected chi connectivity index (χ0v) is 15.1. The van der Waals surface area contributed by atoms with Gasteiger partial charge < -0.3 is 19.9 Å². The molecule has 0 bridgehead atoms. The number of likely N-dealkylation sites (N-methyl/N-ethyl adjacent to an activating group) is 1. The Bertz CT molecular complexity index is 657. The van der Waals surface area contributed by atoms with E-state index in [1.54, 1.807) is 31.1 Å². The van der Waals surface area contributed by atoms with E-state index in [9.17, 15) is 14.4 Å². The van der Waals surface area contributed by atoms with Gasteiger partial charge in [0.05, 0.1) is 5.69 Å². The number of hydrogen-bond acceptors (Lipinski definition) is 4. The van der Waals surface area contributed by atoms with Crippen molar-refractivity contribution in [1.29, 1.82) is 0 Å². The summed E-state index contributed by atoms with van der Waals surface area (Å²) in [4.78, 5) is 39.6. The van der Waals surface area contributed by atoms with Crippen molar-refractivity contribution in [2.75, 3.05) is 32.1 Å². The molecule has 7 nitrogen and oxygen atoms in total. The predicted molar refractivity (Wildman–Crippen MR) is 94.4 cm³/mol. The molecule has 0 saturated carbocycles. The topological polar surface area (TPSA) is 79.0 Å². The Hall–Kier alpha value is -2.57. The summed E-state index contributed by atoms with van der Waals surface area (Å²) < 4.78 is 5.38. The zero-order valence-electron chi connectivity index (χ0n) is 15.1. The van der Waals surface area contributed by atoms with E-state index in [0.29, 0.717) is 11.4 Å². The van der Waals surface area contributed by atoms with Crippen molar-refractivity contribution in [3.05, 3.63) is 24.3 Å². The monoisotopic (exact) mass is 347 g/mol. The van der Waals surface area contributed by atoms with Gasteiger partial charge in [0, 0.05) is 27.1 Å². The number of carbonyl (C=O) groups is 3. The summed E-state index contributed by atoms with van der Waals surface area (Å²) in [7, 11) is 3.32. The number of ether oxygens (including phenoxy) is 1. The van der Waals surface area contributed by atoms with Gasteiger partial charge in [-0.25, -0.2) is 0 Å². The van der Waals surface area contributed by atoms with Crippen molar-refractivity contribution in [2.45, 2.75) is 26.3 Å². The number of amides is 3. The lowest BCUT2D eigenvalue weighted by Crippen LogP contribution is -2.50. The van der Waals surface area contributed by atoms with Crippen LogP contribution in [0.3, 0.4) is 0 Å². The van der Waals surface area contributed by atoms with Crippen molar-refractivity contribution in [3.63, 3.8) is 0 Å². The lowest BCUT2D eigenvalue weighted by atomic mass is 10.0. The number of anilines is 1. The third-order valence-electron chi connectivity index (χ3n) is 4.06. The van der Waals surface area contributed by atoms with Gasteiger partial charge in [-0.3, -0.25) is 14.4 Å². The van der Waals surface area contributed by atoms with Gasteiger partial charge in [0.2, 0.25) is 11.8 Å². The SMILES string of the molecule is CC(C)C(NC(=O)CCN1C(=O)COc2ccccc21)C(=O)N(C)C. The van der Waals surface area contributed by atoms with E-state index < -0.39 is 6.04 Å². The number of hydrogen-bond donors (Lipinski definition) is 1. The third kappa shape index (κ3) is 4.49. The Labute approximate surface area is 147 Å². The largest absolute Gasteiger partial charge is 0.482 e. The summed E-state index contributed by atoms with van der Waals surface area (Å²) in [6.07, 6.45) is 0.115. The molecule has 0 radical (unpaired) electrons. The van der Waals surface area contributed by atoms with E-state index in [-0.39, 0.29) is 43.2 Å². The number of nitrogens with zero attached hydrogens (tertiary/aromatic N) is 2. The minimum Gasteiger partial charge on any atom is -0.482 e. The van der Waals surface area contributed by atoms with E-state index in [2.05, 4.69) is 5.32 Å². The molecule has 0 aromatic heterocycles. The standard InChI is InChI=1S/C18H25N3O4/c1-12(2)17(18(24)20(3)4)19-15(22)9-10-21-13-7-5-6-8-14(13)25-11-16(21)23/h5-8,12,17H,9-11H2,1-4H3,(H,19,22). The fraction of sp³-hybridized carbons (Fsp3) is 0.500. The molecule has 0 spiro atoms. The first-order valence-corrected chi connectivity index (χ1v) is 8.34. The zero-order chi connectivity index (χ0) is 18.6. The summed E-state index contributed by atoms with van der Waals surface area (Å²) >= 11 is 0. The van der Waals surface area contributed by atoms with E-state index in [0.717, 1.165) is 0 Å². The Balaban J connectivity index is 2.00. The molecule has 1 aromatic rings. The minimum absolute atomic E-state index is 0.0235. The average molecular weight is 347 g/mol. The van der Waals surface area contributed by atoms with Gasteiger partial charge in [0.25, 0.3) is 5.91 Å². The van der Waals surface area contributed by atoms with Crippen LogP contribution in [0.15, 0.2) is 24.3 Å². The molecule has 1 N–H and O–H groups in total. The molecule has 1 aliphatic rings. The van der Waals surface area contributed by atoms with Crippen LogP contribution in [0.2, 0.25) is 0 Å². The first-order valence-electron chi connectivity index (χ1n) is 8.34. The second kappa shape index (κ2) is 8.00. The van der Waals surface area contributed by atoms with Crippen LogP contribution in [-0.2, 0) is 14.4 Å². The van der Waals surface area contributed by atoms with Crippen molar-refractivity contribution < 1.29 is 19.1 Å². The first-order chi connectivity index (χ1) is 11.8. The second-order valence-electron chi connectivity index (χ2n) is 6.57. The van der Waals surface area contributed by atoms with Crippen molar-refractivity contribution >= 4 is 23.4 Å². The summed E-state index contributed by atoms with van der Waals surface area (Å²) in [5, 5.41) is 2.78. The number of nitrogens with one attached hydrogen (secondary N) is 1. The average Bonchev–Trinajstić information content (AvgIpc) is 2.57. The van der Waals surface area contributed by atoms with Gasteiger partial charge in [-0.1, -0.05) is 26.0 Å². The quantitative estimate of drug-likeness (QED) is 0.834. The Morgan fingerprint density at radius 3 is 2.60 bits per heavy atom. The smallest absolute Gasteiger partial charge is 0.265 e. The lowest BCUT2D eigenvalue weighted by molar-refractivity contribution is -0.135. The molecule has 1 aromatic carbocycles. The first kappa shape index (κ1) is 18.8. The Kier molecular flexibility index (Phi) is 6.01. The van der Waals surface area contributed by atoms with Gasteiger partial charge in [0.15, 0.2) is 6.61 Å². The van der Waals surface area contributed by atoms with Gasteiger partial charge in [0.1, 0.15) is 11.8 Å². The number of para-hydroxylation sites is 2. The molecule has 136 valence electrons. The predicted octanol–water partition coefficient (Wildman–Crippen LogP) is 1.03. The van der Waals surface area contributed by atoms with E-state index in [1.807, 2.05) is 26.0 Å². The molecular formula is C18H25N3O4. The molecular weight excluding hydrogens is 322 g/mol. The number of carbonyl (C=O) groups excluding carboxylic acids is 3. The van der Waals surface area contributed by atoms with Crippen LogP contribution in [0.25, 0.3) is 0 Å². The highest BCUT2D eigenvalue weighted by molar-refractivity contribution is 5.98. The molecule has 1 atom stereocenters. The molecule has 1 unspecified atom stereocenters. The van der Waals surface area contributed by atoms with Crippen LogP contribution in [-0.4, -0.2) is 55.9 Å². The van der Waals surface area contributed by atoms with Gasteiger partial charge in [-0.05, 0) is 18.1 Å². The van der Waals surface area contributed by atoms with Crippen LogP contribution in [0.1, 0.15) is 20.3 Å². The van der Waals surface area contributed by atoms with Crippen LogP contribution < -0.4 is 15.0 Å². The van der Waals surface area contributed by atoms with Crippen LogP contribution in [0.5, 0.6) is 5.75 Å². The molecule has 25 heavy (non-hydrogen) atoms. The van der Waals surface area contributed by atoms with Crippen LogP contribution in [0, 0.1) is 5.92 Å². The molecule has 3 amide bonds. The maximum absolute atomic E-state index is 12.3. The molecule has 0 aliphatic carbocycles. The van der Waals surface area contributed by atoms with Gasteiger partial charge >= 0.3 is 0 Å². The maximum atomic E-state index is 12.3. The fourth-order valence-electron chi connectivity index (χ4n) is 2.65. The number of benzene rings is 1. The summed E-state index contributed by atoms with van der Waals surface area (Å²) in [5.41, 5.74) is 0.663. The summed E-state index contributed by atoms with van der Waals surface area (Å²) in [6, 6.07) is 6.66. The molecule has 0 saturated heterocycles. The highest BCUT2D eigenvalue weighted by Gasteiger charge is 2.28. The Morgan fingerprint density at radius 2 is 1.96 bits per heavy atom. The lowest BCUT2D eigenvalue weighted by Gasteiger charge is -2.29. The molecule has 2 rings (SSSR count). The van der Waals surface area contributed by atoms with E-state index >= 15 is 0 Å².